The Labute approximate surface area is 103 Å². The molecule has 3 heteroatoms. The zero-order valence-electron chi connectivity index (χ0n) is 10.6. The van der Waals surface area contributed by atoms with Crippen molar-refractivity contribution in [2.45, 2.75) is 58.3 Å². The van der Waals surface area contributed by atoms with Crippen LogP contribution in [-0.4, -0.2) is 11.9 Å². The Kier molecular flexibility index (Phi) is 6.60. The Hall–Kier alpha value is -1.12. The maximum Gasteiger partial charge on any atom is 0.317 e. The third-order valence-corrected chi connectivity index (χ3v) is 3.02. The highest BCUT2D eigenvalue weighted by atomic mass is 16.6. The van der Waals surface area contributed by atoms with Crippen molar-refractivity contribution in [1.29, 1.82) is 0 Å². The molecule has 0 radical (unpaired) electrons. The molecule has 1 aliphatic heterocycles. The minimum Gasteiger partial charge on any atom is -0.393 e. The van der Waals surface area contributed by atoms with Crippen molar-refractivity contribution in [3.63, 3.8) is 0 Å². The zero-order chi connectivity index (χ0) is 12.5. The average molecular weight is 238 g/mol. The Morgan fingerprint density at radius 2 is 1.94 bits per heavy atom. The van der Waals surface area contributed by atoms with Crippen molar-refractivity contribution < 1.29 is 14.3 Å². The molecule has 0 unspecified atom stereocenters. The van der Waals surface area contributed by atoms with E-state index in [9.17, 15) is 9.59 Å². The molecule has 3 nitrogen and oxygen atoms in total. The molecule has 1 fully saturated rings. The molecule has 0 saturated carbocycles. The molecule has 0 aromatic rings. The Morgan fingerprint density at radius 1 is 1.18 bits per heavy atom. The smallest absolute Gasteiger partial charge is 0.317 e. The van der Waals surface area contributed by atoms with E-state index in [0.29, 0.717) is 6.42 Å². The Bertz CT molecular complexity index is 281. The van der Waals surface area contributed by atoms with Crippen molar-refractivity contribution >= 4 is 11.9 Å². The lowest BCUT2D eigenvalue weighted by Gasteiger charge is -1.98. The fourth-order valence-electron chi connectivity index (χ4n) is 1.95. The minimum absolute atomic E-state index is 0.237. The molecule has 96 valence electrons. The van der Waals surface area contributed by atoms with E-state index in [4.69, 9.17) is 0 Å². The third-order valence-electron chi connectivity index (χ3n) is 3.02. The highest BCUT2D eigenvalue weighted by molar-refractivity contribution is 5.94. The van der Waals surface area contributed by atoms with Gasteiger partial charge < -0.3 is 4.74 Å². The third kappa shape index (κ3) is 5.66. The van der Waals surface area contributed by atoms with E-state index < -0.39 is 0 Å². The molecule has 0 spiro atoms. The quantitative estimate of drug-likeness (QED) is 0.282. The van der Waals surface area contributed by atoms with Crippen LogP contribution in [0.5, 0.6) is 0 Å². The summed E-state index contributed by atoms with van der Waals surface area (Å²) in [5.74, 6) is -0.977. The highest BCUT2D eigenvalue weighted by Gasteiger charge is 2.31. The van der Waals surface area contributed by atoms with Gasteiger partial charge in [0.15, 0.2) is 0 Å². The second-order valence-corrected chi connectivity index (χ2v) is 4.60. The van der Waals surface area contributed by atoms with Crippen LogP contribution in [0.15, 0.2) is 12.2 Å². The van der Waals surface area contributed by atoms with E-state index in [1.165, 1.54) is 32.1 Å². The number of cyclic esters (lactones) is 2. The number of esters is 2. The first-order valence-corrected chi connectivity index (χ1v) is 6.63. The molecule has 1 aliphatic rings. The predicted molar refractivity (Wildman–Crippen MR) is 66.3 cm³/mol. The molecule has 1 heterocycles. The fraction of sp³-hybridized carbons (Fsp3) is 0.714. The summed E-state index contributed by atoms with van der Waals surface area (Å²) in [5.41, 5.74) is 0. The van der Waals surface area contributed by atoms with Gasteiger partial charge in [0.2, 0.25) is 0 Å². The summed E-state index contributed by atoms with van der Waals surface area (Å²) in [6, 6.07) is 0. The molecule has 0 amide bonds. The van der Waals surface area contributed by atoms with Gasteiger partial charge in [-0.05, 0) is 19.3 Å². The molecule has 1 atom stereocenters. The van der Waals surface area contributed by atoms with Crippen LogP contribution in [0.25, 0.3) is 0 Å². The summed E-state index contributed by atoms with van der Waals surface area (Å²) >= 11 is 0. The topological polar surface area (TPSA) is 43.4 Å². The van der Waals surface area contributed by atoms with Gasteiger partial charge in [-0.25, -0.2) is 0 Å². The van der Waals surface area contributed by atoms with Crippen LogP contribution in [0.4, 0.5) is 0 Å². The summed E-state index contributed by atoms with van der Waals surface area (Å²) in [6.07, 6.45) is 12.5. The molecule has 1 saturated heterocycles. The van der Waals surface area contributed by atoms with Crippen LogP contribution >= 0.6 is 0 Å². The van der Waals surface area contributed by atoms with Crippen LogP contribution in [-0.2, 0) is 14.3 Å². The SMILES string of the molecule is CCCCCCC/C=C/C[C@H]1CC(=O)OC1=O. The van der Waals surface area contributed by atoms with Crippen molar-refractivity contribution in [1.82, 2.24) is 0 Å². The van der Waals surface area contributed by atoms with Crippen molar-refractivity contribution in [2.24, 2.45) is 5.92 Å². The molecule has 0 aromatic carbocycles. The first kappa shape index (κ1) is 13.9. The number of carbonyl (C=O) groups excluding carboxylic acids is 2. The van der Waals surface area contributed by atoms with Crippen LogP contribution < -0.4 is 0 Å². The number of hydrogen-bond acceptors (Lipinski definition) is 3. The number of ether oxygens (including phenoxy) is 1. The lowest BCUT2D eigenvalue weighted by Crippen LogP contribution is -2.05. The van der Waals surface area contributed by atoms with Gasteiger partial charge >= 0.3 is 11.9 Å². The maximum atomic E-state index is 11.1. The van der Waals surface area contributed by atoms with Crippen molar-refractivity contribution in [2.75, 3.05) is 0 Å². The van der Waals surface area contributed by atoms with Gasteiger partial charge in [0.05, 0.1) is 12.3 Å². The van der Waals surface area contributed by atoms with Gasteiger partial charge in [-0.15, -0.1) is 0 Å². The Morgan fingerprint density at radius 3 is 2.59 bits per heavy atom. The van der Waals surface area contributed by atoms with Gasteiger partial charge in [0.1, 0.15) is 0 Å². The van der Waals surface area contributed by atoms with Crippen molar-refractivity contribution in [3.05, 3.63) is 12.2 Å². The summed E-state index contributed by atoms with van der Waals surface area (Å²) in [7, 11) is 0. The number of unbranched alkanes of at least 4 members (excludes halogenated alkanes) is 5. The number of allylic oxidation sites excluding steroid dienone is 2. The largest absolute Gasteiger partial charge is 0.393 e. The second kappa shape index (κ2) is 8.04. The summed E-state index contributed by atoms with van der Waals surface area (Å²) in [5, 5.41) is 0. The van der Waals surface area contributed by atoms with E-state index in [-0.39, 0.29) is 24.3 Å². The van der Waals surface area contributed by atoms with Gasteiger partial charge in [-0.1, -0.05) is 44.8 Å². The Balaban J connectivity index is 2.02. The lowest BCUT2D eigenvalue weighted by molar-refractivity contribution is -0.153. The minimum atomic E-state index is -0.382. The number of carbonyl (C=O) groups is 2. The van der Waals surface area contributed by atoms with Crippen LogP contribution in [0.3, 0.4) is 0 Å². The predicted octanol–water partition coefficient (Wildman–Crippen LogP) is 3.38. The van der Waals surface area contributed by atoms with Gasteiger partial charge in [0, 0.05) is 0 Å². The first-order chi connectivity index (χ1) is 8.24. The fourth-order valence-corrected chi connectivity index (χ4v) is 1.95. The summed E-state index contributed by atoms with van der Waals surface area (Å²) in [4.78, 5) is 22.0. The van der Waals surface area contributed by atoms with Gasteiger partial charge in [0.25, 0.3) is 0 Å². The monoisotopic (exact) mass is 238 g/mol. The average Bonchev–Trinajstić information content (AvgIpc) is 2.61. The molecule has 0 bridgehead atoms. The highest BCUT2D eigenvalue weighted by Crippen LogP contribution is 2.19. The number of hydrogen-bond donors (Lipinski definition) is 0. The van der Waals surface area contributed by atoms with Gasteiger partial charge in [-0.2, -0.15) is 0 Å². The van der Waals surface area contributed by atoms with E-state index >= 15 is 0 Å². The molecule has 0 aliphatic carbocycles. The van der Waals surface area contributed by atoms with E-state index in [2.05, 4.69) is 17.7 Å². The second-order valence-electron chi connectivity index (χ2n) is 4.60. The molecule has 0 aromatic heterocycles. The summed E-state index contributed by atoms with van der Waals surface area (Å²) in [6.45, 7) is 2.21. The lowest BCUT2D eigenvalue weighted by atomic mass is 10.0. The molecule has 1 rings (SSSR count). The first-order valence-electron chi connectivity index (χ1n) is 6.63. The zero-order valence-corrected chi connectivity index (χ0v) is 10.6. The van der Waals surface area contributed by atoms with Crippen LogP contribution in [0.2, 0.25) is 0 Å². The molecular weight excluding hydrogens is 216 g/mol. The van der Waals surface area contributed by atoms with Crippen molar-refractivity contribution in [3.8, 4) is 0 Å². The van der Waals surface area contributed by atoms with Crippen LogP contribution in [0.1, 0.15) is 58.3 Å². The van der Waals surface area contributed by atoms with E-state index in [1.54, 1.807) is 0 Å². The number of rotatable bonds is 8. The standard InChI is InChI=1S/C14H22O3/c1-2-3-4-5-6-7-8-9-10-12-11-13(15)17-14(12)16/h8-9,12H,2-7,10-11H2,1H3/b9-8+/t12-/m0/s1. The maximum absolute atomic E-state index is 11.1. The molecular formula is C14H22O3. The van der Waals surface area contributed by atoms with E-state index in [1.807, 2.05) is 6.08 Å². The normalized spacial score (nSPS) is 20.2. The van der Waals surface area contributed by atoms with Gasteiger partial charge in [-0.3, -0.25) is 9.59 Å². The van der Waals surface area contributed by atoms with Crippen LogP contribution in [0, 0.1) is 5.92 Å². The molecule has 17 heavy (non-hydrogen) atoms. The van der Waals surface area contributed by atoms with E-state index in [0.717, 1.165) is 6.42 Å². The molecule has 0 N–H and O–H groups in total. The summed E-state index contributed by atoms with van der Waals surface area (Å²) < 4.78 is 4.48.